The lowest BCUT2D eigenvalue weighted by atomic mass is 10.0. The first-order valence-electron chi connectivity index (χ1n) is 7.71. The average Bonchev–Trinajstić information content (AvgIpc) is 3.01. The minimum atomic E-state index is -0.0882. The Balaban J connectivity index is 2.03. The molecule has 2 aromatic rings. The maximum absolute atomic E-state index is 12.4. The van der Waals surface area contributed by atoms with Gasteiger partial charge in [0.05, 0.1) is 5.69 Å². The van der Waals surface area contributed by atoms with Gasteiger partial charge in [0.1, 0.15) is 0 Å². The van der Waals surface area contributed by atoms with Gasteiger partial charge in [-0.1, -0.05) is 35.8 Å². The molecule has 0 spiro atoms. The van der Waals surface area contributed by atoms with Gasteiger partial charge in [0.15, 0.2) is 5.69 Å². The monoisotopic (exact) mass is 378 g/mol. The summed E-state index contributed by atoms with van der Waals surface area (Å²) in [5.74, 6) is 0.323. The number of hydrogen-bond donors (Lipinski definition) is 1. The van der Waals surface area contributed by atoms with E-state index in [2.05, 4.69) is 34.9 Å². The predicted molar refractivity (Wildman–Crippen MR) is 95.7 cm³/mol. The summed E-state index contributed by atoms with van der Waals surface area (Å²) in [7, 11) is 1.79. The molecule has 1 aromatic heterocycles. The Labute approximate surface area is 145 Å². The van der Waals surface area contributed by atoms with Crippen molar-refractivity contribution in [2.45, 2.75) is 26.3 Å². The van der Waals surface area contributed by atoms with Crippen molar-refractivity contribution in [1.82, 2.24) is 14.7 Å². The number of aromatic nitrogens is 2. The van der Waals surface area contributed by atoms with Gasteiger partial charge < -0.3 is 10.6 Å². The Morgan fingerprint density at radius 3 is 2.78 bits per heavy atom. The second-order valence-electron chi connectivity index (χ2n) is 6.05. The van der Waals surface area contributed by atoms with E-state index in [1.54, 1.807) is 28.9 Å². The zero-order valence-electron chi connectivity index (χ0n) is 13.7. The number of carbonyl (C=O) groups is 1. The van der Waals surface area contributed by atoms with Crippen molar-refractivity contribution < 1.29 is 4.79 Å². The molecule has 0 fully saturated rings. The molecule has 0 aliphatic heterocycles. The third kappa shape index (κ3) is 4.65. The Hall–Kier alpha value is -1.66. The number of amides is 1. The maximum atomic E-state index is 12.4. The van der Waals surface area contributed by atoms with E-state index in [-0.39, 0.29) is 11.9 Å². The van der Waals surface area contributed by atoms with Gasteiger partial charge in [-0.05, 0) is 36.6 Å². The van der Waals surface area contributed by atoms with Crippen LogP contribution in [0.5, 0.6) is 0 Å². The second kappa shape index (κ2) is 7.75. The van der Waals surface area contributed by atoms with Crippen LogP contribution in [0.4, 0.5) is 0 Å². The summed E-state index contributed by atoms with van der Waals surface area (Å²) in [5.41, 5.74) is 7.38. The van der Waals surface area contributed by atoms with E-state index in [1.165, 1.54) is 0 Å². The van der Waals surface area contributed by atoms with Crippen LogP contribution in [-0.2, 0) is 0 Å². The van der Waals surface area contributed by atoms with Crippen LogP contribution in [0, 0.1) is 5.92 Å². The molecule has 0 radical (unpaired) electrons. The summed E-state index contributed by atoms with van der Waals surface area (Å²) in [6.07, 6.45) is 2.58. The zero-order valence-corrected chi connectivity index (χ0v) is 15.3. The highest BCUT2D eigenvalue weighted by Gasteiger charge is 2.17. The predicted octanol–water partition coefficient (Wildman–Crippen LogP) is 3.08. The van der Waals surface area contributed by atoms with Gasteiger partial charge in [-0.25, -0.2) is 4.68 Å². The van der Waals surface area contributed by atoms with Crippen LogP contribution >= 0.6 is 15.9 Å². The molecule has 0 bridgehead atoms. The van der Waals surface area contributed by atoms with E-state index in [4.69, 9.17) is 5.73 Å². The lowest BCUT2D eigenvalue weighted by Gasteiger charge is -2.20. The summed E-state index contributed by atoms with van der Waals surface area (Å²) in [6.45, 7) is 4.81. The summed E-state index contributed by atoms with van der Waals surface area (Å²) >= 11 is 3.44. The lowest BCUT2D eigenvalue weighted by molar-refractivity contribution is 0.0783. The van der Waals surface area contributed by atoms with Gasteiger partial charge in [0, 0.05) is 30.3 Å². The van der Waals surface area contributed by atoms with Crippen LogP contribution in [0.25, 0.3) is 5.69 Å². The lowest BCUT2D eigenvalue weighted by Crippen LogP contribution is -2.34. The van der Waals surface area contributed by atoms with E-state index in [9.17, 15) is 4.79 Å². The van der Waals surface area contributed by atoms with Gasteiger partial charge in [-0.15, -0.1) is 0 Å². The molecule has 6 heteroatoms. The number of benzene rings is 1. The van der Waals surface area contributed by atoms with E-state index in [0.717, 1.165) is 16.6 Å². The van der Waals surface area contributed by atoms with Crippen LogP contribution in [-0.4, -0.2) is 40.2 Å². The van der Waals surface area contributed by atoms with Gasteiger partial charge >= 0.3 is 0 Å². The minimum absolute atomic E-state index is 0.0882. The normalized spacial score (nSPS) is 12.4. The largest absolute Gasteiger partial charge is 0.340 e. The number of hydrogen-bond acceptors (Lipinski definition) is 3. The first kappa shape index (κ1) is 17.7. The van der Waals surface area contributed by atoms with E-state index in [1.807, 2.05) is 24.3 Å². The molecule has 23 heavy (non-hydrogen) atoms. The Morgan fingerprint density at radius 2 is 2.13 bits per heavy atom. The SMILES string of the molecule is CC(C)C(N)CCN(C)C(=O)c1ccn(-c2cccc(Br)c2)n1. The fourth-order valence-corrected chi connectivity index (χ4v) is 2.56. The molecule has 0 saturated carbocycles. The molecule has 0 saturated heterocycles. The van der Waals surface area contributed by atoms with Crippen LogP contribution < -0.4 is 5.73 Å². The zero-order chi connectivity index (χ0) is 17.0. The molecule has 1 aromatic carbocycles. The smallest absolute Gasteiger partial charge is 0.274 e. The first-order valence-corrected chi connectivity index (χ1v) is 8.50. The van der Waals surface area contributed by atoms with Gasteiger partial charge in [-0.2, -0.15) is 5.10 Å². The molecule has 1 atom stereocenters. The molecule has 0 aliphatic carbocycles. The van der Waals surface area contributed by atoms with Crippen molar-refractivity contribution in [2.75, 3.05) is 13.6 Å². The highest BCUT2D eigenvalue weighted by atomic mass is 79.9. The standard InChI is InChI=1S/C17H23BrN4O/c1-12(2)15(19)7-9-21(3)17(23)16-8-10-22(20-16)14-6-4-5-13(18)11-14/h4-6,8,10-12,15H,7,9,19H2,1-3H3. The Kier molecular flexibility index (Phi) is 5.96. The van der Waals surface area contributed by atoms with Crippen molar-refractivity contribution in [1.29, 1.82) is 0 Å². The van der Waals surface area contributed by atoms with Gasteiger partial charge in [0.25, 0.3) is 5.91 Å². The number of rotatable bonds is 6. The highest BCUT2D eigenvalue weighted by Crippen LogP contribution is 2.15. The van der Waals surface area contributed by atoms with Crippen molar-refractivity contribution in [3.8, 4) is 5.69 Å². The van der Waals surface area contributed by atoms with Crippen LogP contribution in [0.3, 0.4) is 0 Å². The van der Waals surface area contributed by atoms with Gasteiger partial charge in [-0.3, -0.25) is 4.79 Å². The fraction of sp³-hybridized carbons (Fsp3) is 0.412. The van der Waals surface area contributed by atoms with Crippen molar-refractivity contribution in [3.63, 3.8) is 0 Å². The average molecular weight is 379 g/mol. The molecule has 2 N–H and O–H groups in total. The molecule has 2 rings (SSSR count). The summed E-state index contributed by atoms with van der Waals surface area (Å²) in [5, 5.41) is 4.38. The summed E-state index contributed by atoms with van der Waals surface area (Å²) in [4.78, 5) is 14.1. The van der Waals surface area contributed by atoms with E-state index < -0.39 is 0 Å². The van der Waals surface area contributed by atoms with Crippen molar-refractivity contribution >= 4 is 21.8 Å². The third-order valence-corrected chi connectivity index (χ3v) is 4.38. The molecule has 1 unspecified atom stereocenters. The molecule has 1 heterocycles. The molecular weight excluding hydrogens is 356 g/mol. The summed E-state index contributed by atoms with van der Waals surface area (Å²) in [6, 6.07) is 9.61. The number of carbonyl (C=O) groups excluding carboxylic acids is 1. The van der Waals surface area contributed by atoms with Crippen LogP contribution in [0.1, 0.15) is 30.8 Å². The molecule has 1 amide bonds. The topological polar surface area (TPSA) is 64.2 Å². The van der Waals surface area contributed by atoms with Crippen molar-refractivity contribution in [2.24, 2.45) is 11.7 Å². The van der Waals surface area contributed by atoms with E-state index in [0.29, 0.717) is 18.2 Å². The molecule has 124 valence electrons. The first-order chi connectivity index (χ1) is 10.9. The highest BCUT2D eigenvalue weighted by molar-refractivity contribution is 9.10. The maximum Gasteiger partial charge on any atom is 0.274 e. The van der Waals surface area contributed by atoms with Crippen molar-refractivity contribution in [3.05, 3.63) is 46.7 Å². The molecule has 5 nitrogen and oxygen atoms in total. The third-order valence-electron chi connectivity index (χ3n) is 3.88. The number of nitrogens with zero attached hydrogens (tertiary/aromatic N) is 3. The Bertz CT molecular complexity index is 668. The van der Waals surface area contributed by atoms with Gasteiger partial charge in [0.2, 0.25) is 0 Å². The quantitative estimate of drug-likeness (QED) is 0.839. The summed E-state index contributed by atoms with van der Waals surface area (Å²) < 4.78 is 2.67. The molecule has 0 aliphatic rings. The van der Waals surface area contributed by atoms with Crippen LogP contribution in [0.15, 0.2) is 41.0 Å². The Morgan fingerprint density at radius 1 is 1.39 bits per heavy atom. The fourth-order valence-electron chi connectivity index (χ4n) is 2.17. The number of halogens is 1. The molecular formula is C17H23BrN4O. The minimum Gasteiger partial charge on any atom is -0.340 e. The second-order valence-corrected chi connectivity index (χ2v) is 6.96. The van der Waals surface area contributed by atoms with Crippen LogP contribution in [0.2, 0.25) is 0 Å². The van der Waals surface area contributed by atoms with E-state index >= 15 is 0 Å². The number of nitrogens with two attached hydrogens (primary N) is 1.